The van der Waals surface area contributed by atoms with E-state index in [9.17, 15) is 0 Å². The Morgan fingerprint density at radius 1 is 1.13 bits per heavy atom. The standard InChI is InChI=1S/C10H8ClN3S/c11-10-9(12-5-6-13-10)7-3-1-2-4-8(7)14-15/h1-6,14-15H. The number of nitrogens with zero attached hydrogens (tertiary/aromatic N) is 2. The van der Waals surface area contributed by atoms with Crippen molar-refractivity contribution in [1.29, 1.82) is 0 Å². The smallest absolute Gasteiger partial charge is 0.155 e. The van der Waals surface area contributed by atoms with E-state index in [0.29, 0.717) is 10.8 Å². The molecule has 2 rings (SSSR count). The number of hydrogen-bond donors (Lipinski definition) is 2. The summed E-state index contributed by atoms with van der Waals surface area (Å²) < 4.78 is 2.79. The minimum absolute atomic E-state index is 0.383. The summed E-state index contributed by atoms with van der Waals surface area (Å²) in [6.45, 7) is 0. The lowest BCUT2D eigenvalue weighted by Gasteiger charge is -2.07. The molecular formula is C10H8ClN3S. The Kier molecular flexibility index (Phi) is 3.08. The lowest BCUT2D eigenvalue weighted by Crippen LogP contribution is -1.91. The van der Waals surface area contributed by atoms with Crippen molar-refractivity contribution in [3.63, 3.8) is 0 Å². The van der Waals surface area contributed by atoms with E-state index in [2.05, 4.69) is 27.5 Å². The third kappa shape index (κ3) is 2.06. The molecule has 1 heterocycles. The first-order valence-corrected chi connectivity index (χ1v) is 5.11. The molecule has 0 unspecified atom stereocenters. The minimum Gasteiger partial charge on any atom is -0.332 e. The van der Waals surface area contributed by atoms with Crippen molar-refractivity contribution in [3.8, 4) is 11.3 Å². The highest BCUT2D eigenvalue weighted by molar-refractivity contribution is 7.81. The van der Waals surface area contributed by atoms with Crippen LogP contribution in [-0.2, 0) is 0 Å². The lowest BCUT2D eigenvalue weighted by atomic mass is 10.1. The Bertz CT molecular complexity index is 476. The Morgan fingerprint density at radius 3 is 2.60 bits per heavy atom. The van der Waals surface area contributed by atoms with Crippen LogP contribution in [0.25, 0.3) is 11.3 Å². The van der Waals surface area contributed by atoms with Crippen molar-refractivity contribution in [2.45, 2.75) is 0 Å². The van der Waals surface area contributed by atoms with Crippen LogP contribution in [0.15, 0.2) is 36.7 Å². The molecule has 0 aliphatic rings. The van der Waals surface area contributed by atoms with Crippen LogP contribution >= 0.6 is 24.4 Å². The van der Waals surface area contributed by atoms with Gasteiger partial charge < -0.3 is 4.72 Å². The van der Waals surface area contributed by atoms with E-state index in [4.69, 9.17) is 11.6 Å². The van der Waals surface area contributed by atoms with E-state index in [0.717, 1.165) is 11.3 Å². The molecule has 2 aromatic rings. The van der Waals surface area contributed by atoms with Crippen molar-refractivity contribution in [3.05, 3.63) is 41.8 Å². The van der Waals surface area contributed by atoms with Crippen molar-refractivity contribution < 1.29 is 0 Å². The fourth-order valence-electron chi connectivity index (χ4n) is 1.29. The second-order valence-electron chi connectivity index (χ2n) is 2.85. The van der Waals surface area contributed by atoms with Crippen LogP contribution in [0.3, 0.4) is 0 Å². The van der Waals surface area contributed by atoms with Crippen LogP contribution in [0.2, 0.25) is 5.15 Å². The Morgan fingerprint density at radius 2 is 1.87 bits per heavy atom. The highest BCUT2D eigenvalue weighted by Gasteiger charge is 2.08. The van der Waals surface area contributed by atoms with Crippen molar-refractivity contribution in [1.82, 2.24) is 9.97 Å². The number of thiol groups is 1. The number of nitrogens with one attached hydrogen (secondary N) is 1. The zero-order chi connectivity index (χ0) is 10.7. The van der Waals surface area contributed by atoms with Crippen LogP contribution in [0.5, 0.6) is 0 Å². The number of benzene rings is 1. The zero-order valence-corrected chi connectivity index (χ0v) is 9.33. The fourth-order valence-corrected chi connectivity index (χ4v) is 1.69. The van der Waals surface area contributed by atoms with Crippen LogP contribution in [-0.4, -0.2) is 9.97 Å². The summed E-state index contributed by atoms with van der Waals surface area (Å²) in [6, 6.07) is 7.63. The summed E-state index contributed by atoms with van der Waals surface area (Å²) in [5, 5.41) is 0.383. The second-order valence-corrected chi connectivity index (χ2v) is 3.43. The van der Waals surface area contributed by atoms with E-state index in [1.54, 1.807) is 12.4 Å². The molecule has 0 fully saturated rings. The van der Waals surface area contributed by atoms with Gasteiger partial charge in [-0.25, -0.2) is 4.98 Å². The molecule has 0 saturated carbocycles. The first-order chi connectivity index (χ1) is 7.33. The summed E-state index contributed by atoms with van der Waals surface area (Å²) in [6.07, 6.45) is 3.17. The van der Waals surface area contributed by atoms with E-state index in [1.807, 2.05) is 24.3 Å². The molecule has 0 spiro atoms. The third-order valence-electron chi connectivity index (χ3n) is 1.96. The number of aromatic nitrogens is 2. The molecule has 0 radical (unpaired) electrons. The minimum atomic E-state index is 0.383. The first kappa shape index (κ1) is 10.3. The van der Waals surface area contributed by atoms with Gasteiger partial charge >= 0.3 is 0 Å². The normalized spacial score (nSPS) is 10.0. The van der Waals surface area contributed by atoms with Crippen molar-refractivity contribution in [2.75, 3.05) is 4.72 Å². The van der Waals surface area contributed by atoms with Crippen LogP contribution in [0, 0.1) is 0 Å². The summed E-state index contributed by atoms with van der Waals surface area (Å²) in [5.41, 5.74) is 2.38. The lowest BCUT2D eigenvalue weighted by molar-refractivity contribution is 1.21. The summed E-state index contributed by atoms with van der Waals surface area (Å²) in [4.78, 5) is 8.17. The Labute approximate surface area is 98.1 Å². The average molecular weight is 238 g/mol. The highest BCUT2D eigenvalue weighted by atomic mass is 35.5. The number of hydrogen-bond acceptors (Lipinski definition) is 4. The van der Waals surface area contributed by atoms with Gasteiger partial charge in [-0.15, -0.1) is 0 Å². The Hall–Kier alpha value is -1.26. The van der Waals surface area contributed by atoms with Crippen molar-refractivity contribution >= 4 is 30.1 Å². The van der Waals surface area contributed by atoms with Gasteiger partial charge in [-0.1, -0.05) is 42.6 Å². The zero-order valence-electron chi connectivity index (χ0n) is 7.68. The van der Waals surface area contributed by atoms with Crippen LogP contribution < -0.4 is 4.72 Å². The molecule has 0 amide bonds. The van der Waals surface area contributed by atoms with Gasteiger partial charge in [-0.3, -0.25) is 4.98 Å². The number of para-hydroxylation sites is 1. The van der Waals surface area contributed by atoms with E-state index >= 15 is 0 Å². The van der Waals surface area contributed by atoms with Gasteiger partial charge in [0, 0.05) is 18.0 Å². The molecule has 1 aromatic heterocycles. The van der Waals surface area contributed by atoms with E-state index in [1.165, 1.54) is 0 Å². The molecule has 5 heteroatoms. The molecule has 0 bridgehead atoms. The Balaban J connectivity index is 2.59. The maximum atomic E-state index is 5.96. The van der Waals surface area contributed by atoms with Crippen LogP contribution in [0.4, 0.5) is 5.69 Å². The molecule has 3 nitrogen and oxygen atoms in total. The largest absolute Gasteiger partial charge is 0.332 e. The van der Waals surface area contributed by atoms with Gasteiger partial charge in [-0.05, 0) is 6.07 Å². The van der Waals surface area contributed by atoms with Gasteiger partial charge in [0.05, 0.1) is 5.69 Å². The topological polar surface area (TPSA) is 37.8 Å². The summed E-state index contributed by atoms with van der Waals surface area (Å²) >= 11 is 9.98. The van der Waals surface area contributed by atoms with Gasteiger partial charge in [0.2, 0.25) is 0 Å². The predicted octanol–water partition coefficient (Wildman–Crippen LogP) is 3.05. The SMILES string of the molecule is SNc1ccccc1-c1nccnc1Cl. The molecule has 1 N–H and O–H groups in total. The molecular weight excluding hydrogens is 230 g/mol. The average Bonchev–Trinajstić information content (AvgIpc) is 2.30. The fraction of sp³-hybridized carbons (Fsp3) is 0. The van der Waals surface area contributed by atoms with Crippen molar-refractivity contribution in [2.24, 2.45) is 0 Å². The summed E-state index contributed by atoms with van der Waals surface area (Å²) in [5.74, 6) is 0. The number of rotatable bonds is 2. The quantitative estimate of drug-likeness (QED) is 0.789. The molecule has 76 valence electrons. The molecule has 0 atom stereocenters. The van der Waals surface area contributed by atoms with Gasteiger partial charge in [-0.2, -0.15) is 0 Å². The highest BCUT2D eigenvalue weighted by Crippen LogP contribution is 2.30. The van der Waals surface area contributed by atoms with E-state index in [-0.39, 0.29) is 0 Å². The maximum Gasteiger partial charge on any atom is 0.155 e. The monoisotopic (exact) mass is 237 g/mol. The number of halogens is 1. The van der Waals surface area contributed by atoms with Gasteiger partial charge in [0.1, 0.15) is 5.69 Å². The maximum absolute atomic E-state index is 5.96. The first-order valence-electron chi connectivity index (χ1n) is 4.29. The molecule has 0 aliphatic heterocycles. The number of anilines is 1. The van der Waals surface area contributed by atoms with E-state index < -0.39 is 0 Å². The molecule has 0 aliphatic carbocycles. The summed E-state index contributed by atoms with van der Waals surface area (Å²) in [7, 11) is 0. The van der Waals surface area contributed by atoms with Crippen LogP contribution in [0.1, 0.15) is 0 Å². The predicted molar refractivity (Wildman–Crippen MR) is 65.1 cm³/mol. The second kappa shape index (κ2) is 4.51. The van der Waals surface area contributed by atoms with Gasteiger partial charge in [0.25, 0.3) is 0 Å². The third-order valence-corrected chi connectivity index (χ3v) is 2.47. The molecule has 0 saturated heterocycles. The van der Waals surface area contributed by atoms with Gasteiger partial charge in [0.15, 0.2) is 5.15 Å². The molecule has 1 aromatic carbocycles. The molecule has 15 heavy (non-hydrogen) atoms.